The minimum absolute atomic E-state index is 0. The van der Waals surface area contributed by atoms with E-state index < -0.39 is 0 Å². The number of aliphatic imine (C=N–C) groups is 1. The average molecular weight is 407 g/mol. The maximum Gasteiger partial charge on any atom is 0.191 e. The number of hydrogen-bond donors (Lipinski definition) is 2. The largest absolute Gasteiger partial charge is 0.357 e. The molecule has 0 fully saturated rings. The molecule has 0 saturated carbocycles. The first-order valence-electron chi connectivity index (χ1n) is 7.70. The van der Waals surface area contributed by atoms with Gasteiger partial charge in [0.05, 0.1) is 6.33 Å². The number of nitrogens with zero attached hydrogens (tertiary/aromatic N) is 3. The topological polar surface area (TPSA) is 54.2 Å². The van der Waals surface area contributed by atoms with Gasteiger partial charge >= 0.3 is 0 Å². The lowest BCUT2D eigenvalue weighted by atomic mass is 10.1. The molecule has 122 valence electrons. The Kier molecular flexibility index (Phi) is 12.4. The molecule has 0 unspecified atom stereocenters. The molecule has 0 aliphatic rings. The SMILES string of the molecule is CCNC(=NCCCn1ccnc1)NCCCC(C)C.I. The van der Waals surface area contributed by atoms with Crippen LogP contribution in [0.4, 0.5) is 0 Å². The van der Waals surface area contributed by atoms with Gasteiger partial charge in [-0.05, 0) is 32.1 Å². The second kappa shape index (κ2) is 12.9. The summed E-state index contributed by atoms with van der Waals surface area (Å²) >= 11 is 0. The van der Waals surface area contributed by atoms with Crippen LogP contribution in [0, 0.1) is 5.92 Å². The minimum atomic E-state index is 0. The fraction of sp³-hybridized carbons (Fsp3) is 0.733. The summed E-state index contributed by atoms with van der Waals surface area (Å²) in [6, 6.07) is 0. The highest BCUT2D eigenvalue weighted by Gasteiger charge is 1.98. The predicted molar refractivity (Wildman–Crippen MR) is 100 cm³/mol. The first kappa shape index (κ1) is 20.2. The molecule has 0 atom stereocenters. The summed E-state index contributed by atoms with van der Waals surface area (Å²) in [7, 11) is 0. The Labute approximate surface area is 146 Å². The molecule has 0 saturated heterocycles. The fourth-order valence-corrected chi connectivity index (χ4v) is 1.92. The highest BCUT2D eigenvalue weighted by atomic mass is 127. The molecular weight excluding hydrogens is 377 g/mol. The van der Waals surface area contributed by atoms with Gasteiger partial charge in [-0.25, -0.2) is 4.98 Å². The highest BCUT2D eigenvalue weighted by Crippen LogP contribution is 2.01. The minimum Gasteiger partial charge on any atom is -0.357 e. The molecule has 0 amide bonds. The van der Waals surface area contributed by atoms with E-state index in [0.717, 1.165) is 44.5 Å². The van der Waals surface area contributed by atoms with Gasteiger partial charge in [-0.15, -0.1) is 24.0 Å². The van der Waals surface area contributed by atoms with E-state index in [-0.39, 0.29) is 24.0 Å². The number of halogens is 1. The maximum absolute atomic E-state index is 4.59. The van der Waals surface area contributed by atoms with Crippen LogP contribution in [0.3, 0.4) is 0 Å². The van der Waals surface area contributed by atoms with Gasteiger partial charge in [0.15, 0.2) is 5.96 Å². The molecule has 0 radical (unpaired) electrons. The monoisotopic (exact) mass is 407 g/mol. The fourth-order valence-electron chi connectivity index (χ4n) is 1.92. The van der Waals surface area contributed by atoms with Gasteiger partial charge < -0.3 is 15.2 Å². The zero-order valence-electron chi connectivity index (χ0n) is 13.5. The lowest BCUT2D eigenvalue weighted by Gasteiger charge is -2.12. The van der Waals surface area contributed by atoms with Crippen molar-refractivity contribution in [3.63, 3.8) is 0 Å². The van der Waals surface area contributed by atoms with Gasteiger partial charge in [0.2, 0.25) is 0 Å². The van der Waals surface area contributed by atoms with E-state index in [0.29, 0.717) is 0 Å². The van der Waals surface area contributed by atoms with E-state index in [9.17, 15) is 0 Å². The number of nitrogens with one attached hydrogen (secondary N) is 2. The van der Waals surface area contributed by atoms with Crippen molar-refractivity contribution >= 4 is 29.9 Å². The van der Waals surface area contributed by atoms with E-state index in [4.69, 9.17) is 0 Å². The average Bonchev–Trinajstić information content (AvgIpc) is 2.92. The Morgan fingerprint density at radius 3 is 2.71 bits per heavy atom. The lowest BCUT2D eigenvalue weighted by Crippen LogP contribution is -2.38. The first-order valence-corrected chi connectivity index (χ1v) is 7.70. The summed E-state index contributed by atoms with van der Waals surface area (Å²) in [4.78, 5) is 8.62. The third-order valence-corrected chi connectivity index (χ3v) is 3.00. The van der Waals surface area contributed by atoms with Crippen LogP contribution >= 0.6 is 24.0 Å². The molecule has 6 heteroatoms. The zero-order chi connectivity index (χ0) is 14.6. The quantitative estimate of drug-likeness (QED) is 0.287. The van der Waals surface area contributed by atoms with Crippen LogP contribution in [0.25, 0.3) is 0 Å². The molecule has 1 aromatic heterocycles. The number of aromatic nitrogens is 2. The van der Waals surface area contributed by atoms with Gasteiger partial charge in [-0.2, -0.15) is 0 Å². The summed E-state index contributed by atoms with van der Waals surface area (Å²) in [5.74, 6) is 1.70. The number of hydrogen-bond acceptors (Lipinski definition) is 2. The third kappa shape index (κ3) is 10.6. The lowest BCUT2D eigenvalue weighted by molar-refractivity contribution is 0.549. The Morgan fingerprint density at radius 1 is 1.29 bits per heavy atom. The summed E-state index contributed by atoms with van der Waals surface area (Å²) in [5, 5.41) is 6.67. The van der Waals surface area contributed by atoms with Crippen molar-refractivity contribution in [2.45, 2.75) is 46.6 Å². The molecule has 0 aliphatic heterocycles. The molecule has 5 nitrogen and oxygen atoms in total. The van der Waals surface area contributed by atoms with Crippen molar-refractivity contribution in [3.8, 4) is 0 Å². The smallest absolute Gasteiger partial charge is 0.191 e. The summed E-state index contributed by atoms with van der Waals surface area (Å²) in [6.45, 7) is 10.3. The van der Waals surface area contributed by atoms with Crippen molar-refractivity contribution < 1.29 is 0 Å². The van der Waals surface area contributed by atoms with Crippen LogP contribution < -0.4 is 10.6 Å². The third-order valence-electron chi connectivity index (χ3n) is 3.00. The normalized spacial score (nSPS) is 11.3. The van der Waals surface area contributed by atoms with Crippen molar-refractivity contribution in [3.05, 3.63) is 18.7 Å². The summed E-state index contributed by atoms with van der Waals surface area (Å²) in [5.41, 5.74) is 0. The van der Waals surface area contributed by atoms with Crippen molar-refractivity contribution in [1.82, 2.24) is 20.2 Å². The number of rotatable bonds is 9. The van der Waals surface area contributed by atoms with Crippen molar-refractivity contribution in [1.29, 1.82) is 0 Å². The van der Waals surface area contributed by atoms with Gasteiger partial charge in [0.1, 0.15) is 0 Å². The van der Waals surface area contributed by atoms with Gasteiger partial charge in [0, 0.05) is 38.6 Å². The maximum atomic E-state index is 4.59. The van der Waals surface area contributed by atoms with Crippen LogP contribution in [0.1, 0.15) is 40.0 Å². The van der Waals surface area contributed by atoms with E-state index in [2.05, 4.69) is 45.9 Å². The Hall–Kier alpha value is -0.790. The molecule has 0 aliphatic carbocycles. The molecule has 0 spiro atoms. The highest BCUT2D eigenvalue weighted by molar-refractivity contribution is 14.0. The predicted octanol–water partition coefficient (Wildman–Crippen LogP) is 2.88. The molecule has 0 aromatic carbocycles. The summed E-state index contributed by atoms with van der Waals surface area (Å²) in [6.07, 6.45) is 9.12. The van der Waals surface area contributed by atoms with E-state index >= 15 is 0 Å². The second-order valence-corrected chi connectivity index (χ2v) is 5.38. The van der Waals surface area contributed by atoms with Crippen molar-refractivity contribution in [2.75, 3.05) is 19.6 Å². The van der Waals surface area contributed by atoms with Crippen molar-refractivity contribution in [2.24, 2.45) is 10.9 Å². The van der Waals surface area contributed by atoms with E-state index in [1.165, 1.54) is 12.8 Å². The molecule has 1 rings (SSSR count). The zero-order valence-corrected chi connectivity index (χ0v) is 15.8. The molecule has 0 bridgehead atoms. The molecule has 1 heterocycles. The summed E-state index contributed by atoms with van der Waals surface area (Å²) < 4.78 is 2.08. The van der Waals surface area contributed by atoms with E-state index in [1.54, 1.807) is 0 Å². The molecule has 21 heavy (non-hydrogen) atoms. The molecule has 2 N–H and O–H groups in total. The number of aryl methyl sites for hydroxylation is 1. The van der Waals surface area contributed by atoms with Gasteiger partial charge in [-0.3, -0.25) is 4.99 Å². The first-order chi connectivity index (χ1) is 9.72. The Balaban J connectivity index is 0.00000400. The van der Waals surface area contributed by atoms with E-state index in [1.807, 2.05) is 18.7 Å². The molecule has 1 aromatic rings. The second-order valence-electron chi connectivity index (χ2n) is 5.38. The number of guanidine groups is 1. The van der Waals surface area contributed by atoms with Crippen LogP contribution in [0.5, 0.6) is 0 Å². The van der Waals surface area contributed by atoms with Crippen LogP contribution in [-0.4, -0.2) is 35.1 Å². The molecular formula is C15H30IN5. The van der Waals surface area contributed by atoms with Gasteiger partial charge in [0.25, 0.3) is 0 Å². The standard InChI is InChI=1S/C15H29N5.HI/c1-4-17-15(18-8-5-7-14(2)3)19-9-6-11-20-12-10-16-13-20;/h10,12-14H,4-9,11H2,1-3H3,(H2,17,18,19);1H. The van der Waals surface area contributed by atoms with Crippen LogP contribution in [-0.2, 0) is 6.54 Å². The van der Waals surface area contributed by atoms with Gasteiger partial charge in [-0.1, -0.05) is 13.8 Å². The Morgan fingerprint density at radius 2 is 2.10 bits per heavy atom. The van der Waals surface area contributed by atoms with Crippen LogP contribution in [0.15, 0.2) is 23.7 Å². The number of imidazole rings is 1. The Bertz CT molecular complexity index is 362. The van der Waals surface area contributed by atoms with Crippen LogP contribution in [0.2, 0.25) is 0 Å².